The zero-order valence-corrected chi connectivity index (χ0v) is 21.1. The molecule has 0 spiro atoms. The smallest absolute Gasteiger partial charge is 0.266 e. The zero-order chi connectivity index (χ0) is 25.4. The topological polar surface area (TPSA) is 85.7 Å². The van der Waals surface area contributed by atoms with Gasteiger partial charge in [0.1, 0.15) is 0 Å². The molecule has 3 rings (SSSR count). The van der Waals surface area contributed by atoms with E-state index >= 15 is 0 Å². The fourth-order valence-electron chi connectivity index (χ4n) is 3.93. The van der Waals surface area contributed by atoms with Crippen molar-refractivity contribution in [3.8, 4) is 22.8 Å². The molecule has 0 saturated carbocycles. The van der Waals surface area contributed by atoms with E-state index in [-0.39, 0.29) is 17.9 Å². The van der Waals surface area contributed by atoms with Crippen LogP contribution in [0.15, 0.2) is 53.3 Å². The summed E-state index contributed by atoms with van der Waals surface area (Å²) in [5.41, 5.74) is 4.19. The predicted octanol–water partition coefficient (Wildman–Crippen LogP) is 4.50. The molecule has 0 aliphatic rings. The lowest BCUT2D eigenvalue weighted by atomic mass is 10.1. The van der Waals surface area contributed by atoms with Gasteiger partial charge in [0, 0.05) is 49.1 Å². The Morgan fingerprint density at radius 2 is 1.74 bits per heavy atom. The second kappa shape index (κ2) is 12.1. The molecule has 1 amide bonds. The maximum Gasteiger partial charge on any atom is 0.266 e. The highest BCUT2D eigenvalue weighted by molar-refractivity contribution is 5.91. The van der Waals surface area contributed by atoms with Gasteiger partial charge in [-0.3, -0.25) is 9.59 Å². The molecule has 186 valence electrons. The lowest BCUT2D eigenvalue weighted by Gasteiger charge is -2.22. The number of hydrogen-bond acceptors (Lipinski definition) is 6. The van der Waals surface area contributed by atoms with E-state index in [2.05, 4.69) is 35.2 Å². The molecule has 35 heavy (non-hydrogen) atoms. The van der Waals surface area contributed by atoms with Crippen LogP contribution < -0.4 is 25.2 Å². The van der Waals surface area contributed by atoms with Gasteiger partial charge in [0.15, 0.2) is 11.5 Å². The molecule has 0 aliphatic carbocycles. The quantitative estimate of drug-likeness (QED) is 0.437. The van der Waals surface area contributed by atoms with Crippen molar-refractivity contribution in [3.05, 3.63) is 64.4 Å². The summed E-state index contributed by atoms with van der Waals surface area (Å²) in [5.74, 6) is 1.11. The van der Waals surface area contributed by atoms with Crippen LogP contribution in [0.2, 0.25) is 0 Å². The summed E-state index contributed by atoms with van der Waals surface area (Å²) < 4.78 is 12.0. The Bertz CT molecular complexity index is 1220. The van der Waals surface area contributed by atoms with Crippen molar-refractivity contribution in [3.63, 3.8) is 0 Å². The number of methoxy groups -OCH3 is 2. The number of carbonyl (C=O) groups is 1. The van der Waals surface area contributed by atoms with Crippen molar-refractivity contribution in [1.29, 1.82) is 0 Å². The van der Waals surface area contributed by atoms with E-state index in [1.54, 1.807) is 26.4 Å². The molecule has 8 heteroatoms. The molecule has 0 fully saturated rings. The van der Waals surface area contributed by atoms with Gasteiger partial charge in [-0.05, 0) is 75.2 Å². The van der Waals surface area contributed by atoms with Crippen molar-refractivity contribution in [2.45, 2.75) is 40.2 Å². The average molecular weight is 479 g/mol. The molecule has 3 aromatic rings. The van der Waals surface area contributed by atoms with Crippen LogP contribution in [0.25, 0.3) is 11.3 Å². The molecule has 0 saturated heterocycles. The minimum atomic E-state index is -0.211. The predicted molar refractivity (Wildman–Crippen MR) is 140 cm³/mol. The summed E-state index contributed by atoms with van der Waals surface area (Å²) in [6, 6.07) is 14.7. The van der Waals surface area contributed by atoms with Gasteiger partial charge in [0.25, 0.3) is 5.56 Å². The molecule has 2 aromatic carbocycles. The van der Waals surface area contributed by atoms with Crippen LogP contribution in [0, 0.1) is 6.92 Å². The van der Waals surface area contributed by atoms with E-state index in [4.69, 9.17) is 9.47 Å². The number of ether oxygens (including phenoxy) is 2. The number of aryl methyl sites for hydroxylation is 2. The van der Waals surface area contributed by atoms with Crippen molar-refractivity contribution < 1.29 is 14.3 Å². The van der Waals surface area contributed by atoms with Crippen LogP contribution in [-0.4, -0.2) is 43.0 Å². The van der Waals surface area contributed by atoms with Crippen molar-refractivity contribution in [2.75, 3.05) is 37.5 Å². The summed E-state index contributed by atoms with van der Waals surface area (Å²) in [7, 11) is 3.15. The van der Waals surface area contributed by atoms with Crippen LogP contribution >= 0.6 is 0 Å². The van der Waals surface area contributed by atoms with Gasteiger partial charge >= 0.3 is 0 Å². The number of amides is 1. The molecule has 0 bridgehead atoms. The number of anilines is 2. The number of carbonyl (C=O) groups excluding carboxylic acids is 1. The highest BCUT2D eigenvalue weighted by atomic mass is 16.5. The number of benzene rings is 2. The fourth-order valence-corrected chi connectivity index (χ4v) is 3.93. The standard InChI is InChI=1S/C27H34N4O4/c1-6-30(7-2)21-11-12-22(19(3)17-21)28-26(32)9-8-16-31-27(33)15-13-23(29-31)20-10-14-24(34-4)25(18-20)35-5/h10-15,17-18H,6-9,16H2,1-5H3,(H,28,32). The van der Waals surface area contributed by atoms with E-state index in [0.717, 1.165) is 35.6 Å². The second-order valence-electron chi connectivity index (χ2n) is 8.17. The average Bonchev–Trinajstić information content (AvgIpc) is 2.87. The van der Waals surface area contributed by atoms with E-state index in [1.165, 1.54) is 10.7 Å². The highest BCUT2D eigenvalue weighted by Crippen LogP contribution is 2.31. The normalized spacial score (nSPS) is 10.7. The Labute approximate surface area is 206 Å². The first kappa shape index (κ1) is 25.8. The fraction of sp³-hybridized carbons (Fsp3) is 0.370. The third-order valence-electron chi connectivity index (χ3n) is 5.93. The first-order chi connectivity index (χ1) is 16.9. The number of nitrogens with zero attached hydrogens (tertiary/aromatic N) is 3. The van der Waals surface area contributed by atoms with Crippen molar-refractivity contribution >= 4 is 17.3 Å². The molecule has 0 radical (unpaired) electrons. The van der Waals surface area contributed by atoms with Gasteiger partial charge in [-0.2, -0.15) is 5.10 Å². The Hall–Kier alpha value is -3.81. The molecular formula is C27H34N4O4. The molecule has 8 nitrogen and oxygen atoms in total. The lowest BCUT2D eigenvalue weighted by Crippen LogP contribution is -2.23. The van der Waals surface area contributed by atoms with Gasteiger partial charge in [-0.25, -0.2) is 4.68 Å². The summed E-state index contributed by atoms with van der Waals surface area (Å²) in [4.78, 5) is 27.1. The van der Waals surface area contributed by atoms with Gasteiger partial charge in [0.2, 0.25) is 5.91 Å². The Kier molecular flexibility index (Phi) is 8.89. The van der Waals surface area contributed by atoms with Crippen LogP contribution in [0.3, 0.4) is 0 Å². The molecule has 1 aromatic heterocycles. The zero-order valence-electron chi connectivity index (χ0n) is 21.1. The summed E-state index contributed by atoms with van der Waals surface area (Å²) in [6.45, 7) is 8.44. The Balaban J connectivity index is 1.62. The van der Waals surface area contributed by atoms with E-state index < -0.39 is 0 Å². The summed E-state index contributed by atoms with van der Waals surface area (Å²) >= 11 is 0. The van der Waals surface area contributed by atoms with Crippen molar-refractivity contribution in [1.82, 2.24) is 9.78 Å². The SMILES string of the molecule is CCN(CC)c1ccc(NC(=O)CCCn2nc(-c3ccc(OC)c(OC)c3)ccc2=O)c(C)c1. The first-order valence-electron chi connectivity index (χ1n) is 11.9. The van der Waals surface area contributed by atoms with Crippen LogP contribution in [0.4, 0.5) is 11.4 Å². The van der Waals surface area contributed by atoms with Gasteiger partial charge in [0.05, 0.1) is 19.9 Å². The number of nitrogens with one attached hydrogen (secondary N) is 1. The van der Waals surface area contributed by atoms with Gasteiger partial charge < -0.3 is 19.7 Å². The number of aromatic nitrogens is 2. The van der Waals surface area contributed by atoms with Crippen LogP contribution in [-0.2, 0) is 11.3 Å². The lowest BCUT2D eigenvalue weighted by molar-refractivity contribution is -0.116. The van der Waals surface area contributed by atoms with Crippen molar-refractivity contribution in [2.24, 2.45) is 0 Å². The summed E-state index contributed by atoms with van der Waals surface area (Å²) in [5, 5.41) is 7.47. The Morgan fingerprint density at radius 3 is 2.40 bits per heavy atom. The molecule has 0 atom stereocenters. The van der Waals surface area contributed by atoms with E-state index in [9.17, 15) is 9.59 Å². The highest BCUT2D eigenvalue weighted by Gasteiger charge is 2.11. The maximum absolute atomic E-state index is 12.5. The largest absolute Gasteiger partial charge is 0.493 e. The second-order valence-corrected chi connectivity index (χ2v) is 8.17. The third-order valence-corrected chi connectivity index (χ3v) is 5.93. The minimum absolute atomic E-state index is 0.0900. The van der Waals surface area contributed by atoms with Gasteiger partial charge in [-0.15, -0.1) is 0 Å². The molecule has 0 aliphatic heterocycles. The maximum atomic E-state index is 12.5. The summed E-state index contributed by atoms with van der Waals surface area (Å²) in [6.07, 6.45) is 0.774. The molecule has 1 heterocycles. The van der Waals surface area contributed by atoms with Crippen LogP contribution in [0.5, 0.6) is 11.5 Å². The van der Waals surface area contributed by atoms with E-state index in [1.807, 2.05) is 31.2 Å². The minimum Gasteiger partial charge on any atom is -0.493 e. The monoisotopic (exact) mass is 478 g/mol. The van der Waals surface area contributed by atoms with Gasteiger partial charge in [-0.1, -0.05) is 0 Å². The molecule has 1 N–H and O–H groups in total. The van der Waals surface area contributed by atoms with E-state index in [0.29, 0.717) is 30.2 Å². The number of rotatable bonds is 11. The Morgan fingerprint density at radius 1 is 1.00 bits per heavy atom. The van der Waals surface area contributed by atoms with Crippen LogP contribution in [0.1, 0.15) is 32.3 Å². The molecular weight excluding hydrogens is 444 g/mol. The molecule has 0 unspecified atom stereocenters. The first-order valence-corrected chi connectivity index (χ1v) is 11.9. The third kappa shape index (κ3) is 6.41. The number of hydrogen-bond donors (Lipinski definition) is 1.